The zero-order valence-corrected chi connectivity index (χ0v) is 34.8. The predicted molar refractivity (Wildman–Crippen MR) is 218 cm³/mol. The molecular formula is C41H51ClN6O8S. The lowest BCUT2D eigenvalue weighted by Crippen LogP contribution is -2.59. The number of carbonyl (C=O) groups is 4. The van der Waals surface area contributed by atoms with E-state index < -0.39 is 73.6 Å². The van der Waals surface area contributed by atoms with Gasteiger partial charge >= 0.3 is 0 Å². The standard InChI is InChI=1S/C41H51ClN6O8S/c1-9-24-20-41(24,38(52)47-57(53,54)28-14-15-28)48-22-27(56-37-30-18-25(42)13-16-29(30)32(55-8)21-43-37)19-31(48)35(50)45-36(51)33(39(2,3)4)44-26-12-10-11-23(17-26)34(49)46-40(5,6)7/h9-13,16-18,21,24,27-28,31,33,44H,1,14-15,19-20,22H2,2-8H3,(H,46,49)(H,47,52)(H,45,50,51)/t24-,27-,31+,33-,41-/m1/s1. The molecule has 6 rings (SSSR count). The summed E-state index contributed by atoms with van der Waals surface area (Å²) in [6, 6.07) is 9.87. The number of methoxy groups -OCH3 is 1. The van der Waals surface area contributed by atoms with Crippen LogP contribution < -0.4 is 30.1 Å². The molecule has 3 aliphatic rings. The Kier molecular flexibility index (Phi) is 11.4. The van der Waals surface area contributed by atoms with Crippen LogP contribution in [0.15, 0.2) is 61.3 Å². The first kappa shape index (κ1) is 41.9. The summed E-state index contributed by atoms with van der Waals surface area (Å²) >= 11 is 6.36. The monoisotopic (exact) mass is 822 g/mol. The van der Waals surface area contributed by atoms with Gasteiger partial charge in [0.15, 0.2) is 0 Å². The number of carbonyl (C=O) groups excluding carboxylic acids is 4. The minimum absolute atomic E-state index is 0.0215. The van der Waals surface area contributed by atoms with Crippen molar-refractivity contribution in [1.82, 2.24) is 25.2 Å². The Morgan fingerprint density at radius 1 is 1.05 bits per heavy atom. The first-order valence-electron chi connectivity index (χ1n) is 18.9. The zero-order valence-electron chi connectivity index (χ0n) is 33.3. The van der Waals surface area contributed by atoms with E-state index in [-0.39, 0.29) is 31.2 Å². The number of amides is 4. The molecule has 2 aromatic carbocycles. The van der Waals surface area contributed by atoms with Crippen LogP contribution in [0.2, 0.25) is 5.02 Å². The van der Waals surface area contributed by atoms with Gasteiger partial charge in [-0.15, -0.1) is 6.58 Å². The first-order valence-corrected chi connectivity index (χ1v) is 20.9. The molecule has 2 heterocycles. The Balaban J connectivity index is 1.29. The van der Waals surface area contributed by atoms with Crippen molar-refractivity contribution in [3.05, 3.63) is 71.9 Å². The molecule has 3 aromatic rings. The van der Waals surface area contributed by atoms with Crippen LogP contribution in [-0.4, -0.2) is 90.1 Å². The molecule has 0 radical (unpaired) electrons. The number of ether oxygens (including phenoxy) is 2. The molecule has 3 fully saturated rings. The summed E-state index contributed by atoms with van der Waals surface area (Å²) in [7, 11) is -2.41. The van der Waals surface area contributed by atoms with Crippen LogP contribution >= 0.6 is 11.6 Å². The third-order valence-electron chi connectivity index (χ3n) is 10.5. The van der Waals surface area contributed by atoms with E-state index in [1.807, 2.05) is 41.5 Å². The third kappa shape index (κ3) is 9.05. The molecule has 1 saturated heterocycles. The van der Waals surface area contributed by atoms with Gasteiger partial charge in [-0.2, -0.15) is 0 Å². The van der Waals surface area contributed by atoms with Gasteiger partial charge in [-0.25, -0.2) is 13.4 Å². The van der Waals surface area contributed by atoms with Gasteiger partial charge < -0.3 is 20.1 Å². The van der Waals surface area contributed by atoms with Gasteiger partial charge in [-0.1, -0.05) is 44.5 Å². The summed E-state index contributed by atoms with van der Waals surface area (Å²) in [6.45, 7) is 15.1. The quantitative estimate of drug-likeness (QED) is 0.171. The fourth-order valence-corrected chi connectivity index (χ4v) is 8.92. The summed E-state index contributed by atoms with van der Waals surface area (Å²) in [6.07, 6.45) is 3.51. The fourth-order valence-electron chi connectivity index (χ4n) is 7.39. The van der Waals surface area contributed by atoms with E-state index in [1.54, 1.807) is 53.4 Å². The van der Waals surface area contributed by atoms with E-state index in [0.717, 1.165) is 0 Å². The minimum atomic E-state index is -3.93. The molecule has 14 nitrogen and oxygen atoms in total. The Labute approximate surface area is 338 Å². The number of nitrogens with one attached hydrogen (secondary N) is 4. The number of hydrogen-bond donors (Lipinski definition) is 4. The highest BCUT2D eigenvalue weighted by Crippen LogP contribution is 2.53. The van der Waals surface area contributed by atoms with E-state index in [2.05, 4.69) is 32.2 Å². The molecule has 0 bridgehead atoms. The van der Waals surface area contributed by atoms with E-state index in [9.17, 15) is 27.6 Å². The Morgan fingerprint density at radius 3 is 2.39 bits per heavy atom. The van der Waals surface area contributed by atoms with Crippen LogP contribution in [-0.2, 0) is 24.4 Å². The van der Waals surface area contributed by atoms with Crippen molar-refractivity contribution < 1.29 is 37.1 Å². The Hall–Kier alpha value is -4.73. The number of fused-ring (bicyclic) bond motifs is 1. The molecule has 306 valence electrons. The summed E-state index contributed by atoms with van der Waals surface area (Å²) in [5.41, 5.74) is -1.74. The second kappa shape index (κ2) is 15.6. The molecule has 16 heteroatoms. The zero-order chi connectivity index (χ0) is 41.7. The van der Waals surface area contributed by atoms with Gasteiger partial charge in [0.05, 0.1) is 24.6 Å². The van der Waals surface area contributed by atoms with Crippen LogP contribution in [0.5, 0.6) is 11.6 Å². The summed E-state index contributed by atoms with van der Waals surface area (Å²) in [4.78, 5) is 61.7. The lowest BCUT2D eigenvalue weighted by Gasteiger charge is -2.34. The molecule has 0 unspecified atom stereocenters. The van der Waals surface area contributed by atoms with Gasteiger partial charge in [0, 0.05) is 51.5 Å². The van der Waals surface area contributed by atoms with Crippen LogP contribution in [0.3, 0.4) is 0 Å². The summed E-state index contributed by atoms with van der Waals surface area (Å²) in [5, 5.41) is 9.78. The SMILES string of the molecule is C=C[C@@H]1C[C@@]1(C(=O)NS(=O)(=O)C1CC1)N1C[C@H](Oc2ncc(OC)c3ccc(Cl)cc23)C[C@H]1C(=O)NC(=O)[C@@H](Nc1cccc(C(=O)NC(C)(C)C)c1)C(C)(C)C. The van der Waals surface area contributed by atoms with Crippen molar-refractivity contribution in [3.63, 3.8) is 0 Å². The number of pyridine rings is 1. The average Bonchev–Trinajstić information content (AvgIpc) is 4.06. The summed E-state index contributed by atoms with van der Waals surface area (Å²) in [5.74, 6) is -2.13. The maximum atomic E-state index is 14.4. The Bertz CT molecular complexity index is 2220. The molecule has 4 N–H and O–H groups in total. The number of imide groups is 1. The average molecular weight is 823 g/mol. The van der Waals surface area contributed by atoms with Gasteiger partial charge in [0.1, 0.15) is 23.4 Å². The number of benzene rings is 2. The number of aromatic nitrogens is 1. The van der Waals surface area contributed by atoms with Crippen molar-refractivity contribution in [2.24, 2.45) is 11.3 Å². The third-order valence-corrected chi connectivity index (χ3v) is 12.6. The van der Waals surface area contributed by atoms with Crippen LogP contribution in [0.4, 0.5) is 5.69 Å². The minimum Gasteiger partial charge on any atom is -0.494 e. The lowest BCUT2D eigenvalue weighted by molar-refractivity contribution is -0.136. The van der Waals surface area contributed by atoms with E-state index in [0.29, 0.717) is 45.6 Å². The fraction of sp³-hybridized carbons (Fsp3) is 0.488. The normalized spacial score (nSPS) is 22.9. The van der Waals surface area contributed by atoms with Gasteiger partial charge in [-0.05, 0) is 81.8 Å². The molecule has 1 aromatic heterocycles. The number of likely N-dealkylation sites (tertiary alicyclic amines) is 1. The lowest BCUT2D eigenvalue weighted by atomic mass is 9.85. The van der Waals surface area contributed by atoms with Crippen molar-refractivity contribution in [1.29, 1.82) is 0 Å². The maximum absolute atomic E-state index is 14.4. The van der Waals surface area contributed by atoms with E-state index >= 15 is 0 Å². The maximum Gasteiger partial charge on any atom is 0.254 e. The molecule has 5 atom stereocenters. The largest absolute Gasteiger partial charge is 0.494 e. The molecule has 1 aliphatic heterocycles. The highest BCUT2D eigenvalue weighted by molar-refractivity contribution is 7.91. The van der Waals surface area contributed by atoms with E-state index in [1.165, 1.54) is 13.3 Å². The number of rotatable bonds is 13. The van der Waals surface area contributed by atoms with Crippen LogP contribution in [0.25, 0.3) is 10.8 Å². The van der Waals surface area contributed by atoms with Gasteiger partial charge in [0.2, 0.25) is 27.7 Å². The number of hydrogen-bond acceptors (Lipinski definition) is 11. The highest BCUT2D eigenvalue weighted by atomic mass is 35.5. The van der Waals surface area contributed by atoms with Crippen LogP contribution in [0.1, 0.15) is 77.6 Å². The van der Waals surface area contributed by atoms with Crippen molar-refractivity contribution in [2.45, 2.75) is 102 Å². The molecular weight excluding hydrogens is 772 g/mol. The van der Waals surface area contributed by atoms with Crippen molar-refractivity contribution >= 4 is 61.7 Å². The first-order chi connectivity index (χ1) is 26.7. The second-order valence-electron chi connectivity index (χ2n) is 17.2. The smallest absolute Gasteiger partial charge is 0.254 e. The van der Waals surface area contributed by atoms with Crippen molar-refractivity contribution in [2.75, 3.05) is 19.0 Å². The number of sulfonamides is 1. The number of halogens is 1. The molecule has 4 amide bonds. The second-order valence-corrected chi connectivity index (χ2v) is 19.6. The van der Waals surface area contributed by atoms with Crippen LogP contribution in [0, 0.1) is 11.3 Å². The van der Waals surface area contributed by atoms with Crippen molar-refractivity contribution in [3.8, 4) is 11.6 Å². The Morgan fingerprint density at radius 2 is 1.77 bits per heavy atom. The predicted octanol–water partition coefficient (Wildman–Crippen LogP) is 4.97. The molecule has 2 aliphatic carbocycles. The number of nitrogens with zero attached hydrogens (tertiary/aromatic N) is 2. The molecule has 0 spiro atoms. The van der Waals surface area contributed by atoms with Gasteiger partial charge in [0.25, 0.3) is 11.8 Å². The van der Waals surface area contributed by atoms with E-state index in [4.69, 9.17) is 21.1 Å². The topological polar surface area (TPSA) is 185 Å². The van der Waals surface area contributed by atoms with Gasteiger partial charge in [-0.3, -0.25) is 34.1 Å². The molecule has 57 heavy (non-hydrogen) atoms. The molecule has 2 saturated carbocycles. The summed E-state index contributed by atoms with van der Waals surface area (Å²) < 4.78 is 40.3. The highest BCUT2D eigenvalue weighted by Gasteiger charge is 2.67. The number of anilines is 1.